The van der Waals surface area contributed by atoms with Crippen molar-refractivity contribution in [2.24, 2.45) is 5.92 Å². The summed E-state index contributed by atoms with van der Waals surface area (Å²) in [6.07, 6.45) is 11.5. The SMILES string of the molecule is OC(c1ccc(C2CCC2)cc1)C1CCCCCC1. The van der Waals surface area contributed by atoms with Crippen LogP contribution in [0.4, 0.5) is 0 Å². The third-order valence-corrected chi connectivity index (χ3v) is 5.20. The van der Waals surface area contributed by atoms with Gasteiger partial charge >= 0.3 is 0 Å². The zero-order valence-electron chi connectivity index (χ0n) is 11.9. The lowest BCUT2D eigenvalue weighted by molar-refractivity contribution is 0.0988. The minimum Gasteiger partial charge on any atom is -0.388 e. The molecule has 2 saturated carbocycles. The molecule has 104 valence electrons. The second-order valence-corrected chi connectivity index (χ2v) is 6.49. The molecule has 0 radical (unpaired) electrons. The van der Waals surface area contributed by atoms with Crippen LogP contribution in [0.15, 0.2) is 24.3 Å². The molecular formula is C18H26O. The summed E-state index contributed by atoms with van der Waals surface area (Å²) in [6, 6.07) is 8.84. The molecule has 3 rings (SSSR count). The van der Waals surface area contributed by atoms with Gasteiger partial charge in [-0.15, -0.1) is 0 Å². The maximum Gasteiger partial charge on any atom is 0.0818 e. The molecule has 1 N–H and O–H groups in total. The van der Waals surface area contributed by atoms with Gasteiger partial charge in [-0.05, 0) is 48.6 Å². The van der Waals surface area contributed by atoms with Gasteiger partial charge in [-0.25, -0.2) is 0 Å². The second-order valence-electron chi connectivity index (χ2n) is 6.49. The Hall–Kier alpha value is -0.820. The summed E-state index contributed by atoms with van der Waals surface area (Å²) in [4.78, 5) is 0. The summed E-state index contributed by atoms with van der Waals surface area (Å²) < 4.78 is 0. The highest BCUT2D eigenvalue weighted by molar-refractivity contribution is 5.28. The number of aliphatic hydroxyl groups is 1. The van der Waals surface area contributed by atoms with Crippen LogP contribution in [0, 0.1) is 5.92 Å². The fourth-order valence-corrected chi connectivity index (χ4v) is 3.61. The molecule has 0 aliphatic heterocycles. The third kappa shape index (κ3) is 3.02. The molecule has 2 fully saturated rings. The summed E-state index contributed by atoms with van der Waals surface area (Å²) in [5.41, 5.74) is 2.61. The van der Waals surface area contributed by atoms with Gasteiger partial charge in [-0.3, -0.25) is 0 Å². The van der Waals surface area contributed by atoms with Gasteiger partial charge in [0.15, 0.2) is 0 Å². The molecule has 1 aromatic rings. The van der Waals surface area contributed by atoms with E-state index in [1.54, 1.807) is 0 Å². The molecule has 0 saturated heterocycles. The zero-order chi connectivity index (χ0) is 13.1. The summed E-state index contributed by atoms with van der Waals surface area (Å²) in [7, 11) is 0. The maximum atomic E-state index is 10.6. The second kappa shape index (κ2) is 6.09. The Morgan fingerprint density at radius 2 is 1.42 bits per heavy atom. The lowest BCUT2D eigenvalue weighted by Crippen LogP contribution is -2.13. The first-order valence-electron chi connectivity index (χ1n) is 8.12. The summed E-state index contributed by atoms with van der Waals surface area (Å²) in [5, 5.41) is 10.6. The van der Waals surface area contributed by atoms with Gasteiger partial charge in [0.1, 0.15) is 0 Å². The highest BCUT2D eigenvalue weighted by Gasteiger charge is 2.23. The summed E-state index contributed by atoms with van der Waals surface area (Å²) in [5.74, 6) is 1.28. The van der Waals surface area contributed by atoms with Gasteiger partial charge in [0, 0.05) is 0 Å². The third-order valence-electron chi connectivity index (χ3n) is 5.20. The van der Waals surface area contributed by atoms with Gasteiger partial charge in [0.2, 0.25) is 0 Å². The highest BCUT2D eigenvalue weighted by atomic mass is 16.3. The van der Waals surface area contributed by atoms with Crippen LogP contribution in [-0.2, 0) is 0 Å². The molecule has 1 heteroatoms. The van der Waals surface area contributed by atoms with Crippen molar-refractivity contribution in [3.05, 3.63) is 35.4 Å². The Balaban J connectivity index is 1.66. The molecule has 0 amide bonds. The molecule has 2 aliphatic carbocycles. The first-order valence-corrected chi connectivity index (χ1v) is 8.12. The van der Waals surface area contributed by atoms with E-state index in [9.17, 15) is 5.11 Å². The largest absolute Gasteiger partial charge is 0.388 e. The predicted molar refractivity (Wildman–Crippen MR) is 79.2 cm³/mol. The van der Waals surface area contributed by atoms with Gasteiger partial charge in [0.05, 0.1) is 6.10 Å². The molecule has 0 aromatic heterocycles. The first-order chi connectivity index (χ1) is 9.34. The molecule has 2 aliphatic rings. The van der Waals surface area contributed by atoms with Crippen molar-refractivity contribution in [3.63, 3.8) is 0 Å². The van der Waals surface area contributed by atoms with E-state index in [1.165, 1.54) is 63.4 Å². The van der Waals surface area contributed by atoms with Gasteiger partial charge in [0.25, 0.3) is 0 Å². The normalized spacial score (nSPS) is 23.6. The molecule has 1 aromatic carbocycles. The number of hydrogen-bond acceptors (Lipinski definition) is 1. The molecule has 1 atom stereocenters. The predicted octanol–water partition coefficient (Wildman–Crippen LogP) is 4.96. The summed E-state index contributed by atoms with van der Waals surface area (Å²) >= 11 is 0. The molecule has 0 bridgehead atoms. The topological polar surface area (TPSA) is 20.2 Å². The van der Waals surface area contributed by atoms with E-state index >= 15 is 0 Å². The van der Waals surface area contributed by atoms with Gasteiger partial charge in [-0.1, -0.05) is 56.4 Å². The zero-order valence-corrected chi connectivity index (χ0v) is 11.9. The molecular weight excluding hydrogens is 232 g/mol. The Bertz CT molecular complexity index is 383. The Morgan fingerprint density at radius 1 is 0.789 bits per heavy atom. The average Bonchev–Trinajstić information content (AvgIpc) is 2.65. The van der Waals surface area contributed by atoms with E-state index in [-0.39, 0.29) is 6.10 Å². The van der Waals surface area contributed by atoms with Crippen LogP contribution in [0.2, 0.25) is 0 Å². The van der Waals surface area contributed by atoms with Crippen molar-refractivity contribution in [3.8, 4) is 0 Å². The Labute approximate surface area is 117 Å². The van der Waals surface area contributed by atoms with E-state index in [0.717, 1.165) is 11.5 Å². The minimum absolute atomic E-state index is 0.242. The smallest absolute Gasteiger partial charge is 0.0818 e. The molecule has 0 spiro atoms. The molecule has 1 unspecified atom stereocenters. The fraction of sp³-hybridized carbons (Fsp3) is 0.667. The van der Waals surface area contributed by atoms with Gasteiger partial charge in [-0.2, -0.15) is 0 Å². The number of benzene rings is 1. The van der Waals surface area contributed by atoms with Crippen LogP contribution in [0.5, 0.6) is 0 Å². The van der Waals surface area contributed by atoms with E-state index in [4.69, 9.17) is 0 Å². The molecule has 0 heterocycles. The van der Waals surface area contributed by atoms with E-state index in [1.807, 2.05) is 0 Å². The van der Waals surface area contributed by atoms with E-state index in [0.29, 0.717) is 5.92 Å². The van der Waals surface area contributed by atoms with E-state index in [2.05, 4.69) is 24.3 Å². The molecule has 1 nitrogen and oxygen atoms in total. The van der Waals surface area contributed by atoms with Crippen LogP contribution >= 0.6 is 0 Å². The lowest BCUT2D eigenvalue weighted by Gasteiger charge is -2.27. The van der Waals surface area contributed by atoms with Crippen LogP contribution in [0.3, 0.4) is 0 Å². The number of rotatable bonds is 3. The van der Waals surface area contributed by atoms with Crippen LogP contribution in [-0.4, -0.2) is 5.11 Å². The van der Waals surface area contributed by atoms with Crippen LogP contribution in [0.1, 0.15) is 80.9 Å². The van der Waals surface area contributed by atoms with Crippen molar-refractivity contribution >= 4 is 0 Å². The number of aliphatic hydroxyl groups excluding tert-OH is 1. The quantitative estimate of drug-likeness (QED) is 0.760. The van der Waals surface area contributed by atoms with Crippen molar-refractivity contribution in [1.82, 2.24) is 0 Å². The van der Waals surface area contributed by atoms with Crippen molar-refractivity contribution in [2.45, 2.75) is 69.8 Å². The van der Waals surface area contributed by atoms with E-state index < -0.39 is 0 Å². The Kier molecular flexibility index (Phi) is 4.22. The average molecular weight is 258 g/mol. The van der Waals surface area contributed by atoms with Crippen molar-refractivity contribution in [1.29, 1.82) is 0 Å². The summed E-state index contributed by atoms with van der Waals surface area (Å²) in [6.45, 7) is 0. The monoisotopic (exact) mass is 258 g/mol. The Morgan fingerprint density at radius 3 is 1.95 bits per heavy atom. The standard InChI is InChI=1S/C18H26O/c19-18(16-6-3-1-2-4-7-16)17-12-10-15(11-13-17)14-8-5-9-14/h10-14,16,18-19H,1-9H2. The van der Waals surface area contributed by atoms with Gasteiger partial charge < -0.3 is 5.11 Å². The fourth-order valence-electron chi connectivity index (χ4n) is 3.61. The van der Waals surface area contributed by atoms with Crippen molar-refractivity contribution < 1.29 is 5.11 Å². The lowest BCUT2D eigenvalue weighted by atomic mass is 9.79. The number of hydrogen-bond donors (Lipinski definition) is 1. The molecule has 19 heavy (non-hydrogen) atoms. The van der Waals surface area contributed by atoms with Crippen LogP contribution in [0.25, 0.3) is 0 Å². The van der Waals surface area contributed by atoms with Crippen molar-refractivity contribution in [2.75, 3.05) is 0 Å². The minimum atomic E-state index is -0.242. The maximum absolute atomic E-state index is 10.6. The highest BCUT2D eigenvalue weighted by Crippen LogP contribution is 2.38. The first kappa shape index (κ1) is 13.2. The van der Waals surface area contributed by atoms with Crippen LogP contribution < -0.4 is 0 Å².